The number of nitrogens with one attached hydrogen (secondary N) is 1. The molecular formula is C18H30N2O. The maximum absolute atomic E-state index is 5.71. The van der Waals surface area contributed by atoms with Gasteiger partial charge >= 0.3 is 0 Å². The zero-order chi connectivity index (χ0) is 15.1. The Labute approximate surface area is 129 Å². The Bertz CT molecular complexity index is 396. The lowest BCUT2D eigenvalue weighted by molar-refractivity contribution is 0.158. The minimum Gasteiger partial charge on any atom is -0.491 e. The van der Waals surface area contributed by atoms with Crippen LogP contribution in [-0.4, -0.2) is 36.7 Å². The smallest absolute Gasteiger partial charge is 0.119 e. The molecule has 3 nitrogen and oxygen atoms in total. The molecule has 0 spiro atoms. The highest BCUT2D eigenvalue weighted by molar-refractivity contribution is 5.27. The molecule has 1 fully saturated rings. The summed E-state index contributed by atoms with van der Waals surface area (Å²) in [6.45, 7) is 10.9. The van der Waals surface area contributed by atoms with Crippen LogP contribution in [0.15, 0.2) is 24.3 Å². The number of nitrogens with zero attached hydrogens (tertiary/aromatic N) is 1. The van der Waals surface area contributed by atoms with Gasteiger partial charge in [0.15, 0.2) is 0 Å². The first-order valence-corrected chi connectivity index (χ1v) is 8.39. The van der Waals surface area contributed by atoms with E-state index in [4.69, 9.17) is 4.74 Å². The summed E-state index contributed by atoms with van der Waals surface area (Å²) < 4.78 is 5.71. The van der Waals surface area contributed by atoms with E-state index in [1.54, 1.807) is 0 Å². The molecule has 0 saturated carbocycles. The third-order valence-corrected chi connectivity index (χ3v) is 3.98. The van der Waals surface area contributed by atoms with Gasteiger partial charge in [0.2, 0.25) is 0 Å². The van der Waals surface area contributed by atoms with Gasteiger partial charge in [0, 0.05) is 19.1 Å². The third-order valence-electron chi connectivity index (χ3n) is 3.98. The molecule has 3 heteroatoms. The van der Waals surface area contributed by atoms with E-state index in [1.165, 1.54) is 37.9 Å². The second-order valence-electron chi connectivity index (χ2n) is 6.28. The van der Waals surface area contributed by atoms with Gasteiger partial charge in [-0.2, -0.15) is 0 Å². The van der Waals surface area contributed by atoms with Gasteiger partial charge in [-0.3, -0.25) is 4.90 Å². The molecule has 0 aliphatic carbocycles. The molecule has 1 heterocycles. The monoisotopic (exact) mass is 290 g/mol. The van der Waals surface area contributed by atoms with Crippen LogP contribution in [0.3, 0.4) is 0 Å². The van der Waals surface area contributed by atoms with E-state index >= 15 is 0 Å². The fraction of sp³-hybridized carbons (Fsp3) is 0.667. The van der Waals surface area contributed by atoms with Crippen molar-refractivity contribution in [2.24, 2.45) is 0 Å². The van der Waals surface area contributed by atoms with Gasteiger partial charge in [-0.25, -0.2) is 0 Å². The summed E-state index contributed by atoms with van der Waals surface area (Å²) >= 11 is 0. The molecule has 0 bridgehead atoms. The summed E-state index contributed by atoms with van der Waals surface area (Å²) in [5.41, 5.74) is 1.38. The summed E-state index contributed by atoms with van der Waals surface area (Å²) in [5, 5.41) is 3.53. The normalized spacial score (nSPS) is 19.2. The minimum atomic E-state index is 0.237. The average Bonchev–Trinajstić information content (AvgIpc) is 2.49. The van der Waals surface area contributed by atoms with Gasteiger partial charge in [0.1, 0.15) is 5.75 Å². The van der Waals surface area contributed by atoms with Gasteiger partial charge < -0.3 is 10.1 Å². The van der Waals surface area contributed by atoms with E-state index in [9.17, 15) is 0 Å². The van der Waals surface area contributed by atoms with E-state index in [0.717, 1.165) is 18.8 Å². The highest BCUT2D eigenvalue weighted by Crippen LogP contribution is 2.18. The first-order chi connectivity index (χ1) is 10.2. The second kappa shape index (κ2) is 8.40. The summed E-state index contributed by atoms with van der Waals surface area (Å²) in [4.78, 5) is 2.63. The third kappa shape index (κ3) is 5.33. The molecule has 118 valence electrons. The van der Waals surface area contributed by atoms with Gasteiger partial charge in [-0.15, -0.1) is 0 Å². The number of hydrogen-bond donors (Lipinski definition) is 1. The summed E-state index contributed by atoms with van der Waals surface area (Å²) in [6.07, 6.45) is 4.07. The van der Waals surface area contributed by atoms with Crippen molar-refractivity contribution in [2.45, 2.75) is 58.7 Å². The molecule has 0 radical (unpaired) electrons. The average molecular weight is 290 g/mol. The van der Waals surface area contributed by atoms with Crippen LogP contribution in [-0.2, 0) is 6.54 Å². The van der Waals surface area contributed by atoms with Crippen molar-refractivity contribution < 1.29 is 4.74 Å². The Hall–Kier alpha value is -1.06. The Kier molecular flexibility index (Phi) is 6.52. The van der Waals surface area contributed by atoms with Crippen molar-refractivity contribution in [1.29, 1.82) is 0 Å². The molecule has 1 aromatic rings. The molecule has 0 amide bonds. The predicted molar refractivity (Wildman–Crippen MR) is 88.8 cm³/mol. The first-order valence-electron chi connectivity index (χ1n) is 8.39. The SMILES string of the molecule is CCCN(Cc1ccc(OC(C)C)cc1)C1CCCNC1. The van der Waals surface area contributed by atoms with Crippen LogP contribution in [0.2, 0.25) is 0 Å². The zero-order valence-corrected chi connectivity index (χ0v) is 13.8. The standard InChI is InChI=1S/C18H30N2O/c1-4-12-20(17-6-5-11-19-13-17)14-16-7-9-18(10-8-16)21-15(2)3/h7-10,15,17,19H,4-6,11-14H2,1-3H3. The lowest BCUT2D eigenvalue weighted by atomic mass is 10.0. The van der Waals surface area contributed by atoms with E-state index < -0.39 is 0 Å². The van der Waals surface area contributed by atoms with Crippen molar-refractivity contribution in [2.75, 3.05) is 19.6 Å². The van der Waals surface area contributed by atoms with Crippen molar-refractivity contribution in [3.8, 4) is 5.75 Å². The van der Waals surface area contributed by atoms with Crippen LogP contribution in [0.1, 0.15) is 45.6 Å². The first kappa shape index (κ1) is 16.3. The Balaban J connectivity index is 1.95. The highest BCUT2D eigenvalue weighted by Gasteiger charge is 2.20. The summed E-state index contributed by atoms with van der Waals surface area (Å²) in [6, 6.07) is 9.29. The van der Waals surface area contributed by atoms with E-state index in [2.05, 4.69) is 55.3 Å². The number of rotatable bonds is 7. The quantitative estimate of drug-likeness (QED) is 0.832. The number of ether oxygens (including phenoxy) is 1. The fourth-order valence-electron chi connectivity index (χ4n) is 3.00. The molecule has 1 aliphatic rings. The molecule has 1 N–H and O–H groups in total. The second-order valence-corrected chi connectivity index (χ2v) is 6.28. The lowest BCUT2D eigenvalue weighted by Crippen LogP contribution is -2.45. The van der Waals surface area contributed by atoms with E-state index in [0.29, 0.717) is 6.04 Å². The molecular weight excluding hydrogens is 260 g/mol. The topological polar surface area (TPSA) is 24.5 Å². The van der Waals surface area contributed by atoms with Crippen molar-refractivity contribution in [1.82, 2.24) is 10.2 Å². The van der Waals surface area contributed by atoms with Crippen LogP contribution in [0.4, 0.5) is 0 Å². The maximum atomic E-state index is 5.71. The van der Waals surface area contributed by atoms with Gasteiger partial charge in [-0.1, -0.05) is 19.1 Å². The number of piperidine rings is 1. The van der Waals surface area contributed by atoms with Crippen LogP contribution < -0.4 is 10.1 Å². The van der Waals surface area contributed by atoms with Crippen molar-refractivity contribution in [3.63, 3.8) is 0 Å². The largest absolute Gasteiger partial charge is 0.491 e. The molecule has 21 heavy (non-hydrogen) atoms. The molecule has 2 rings (SSSR count). The highest BCUT2D eigenvalue weighted by atomic mass is 16.5. The Morgan fingerprint density at radius 1 is 1.29 bits per heavy atom. The fourth-order valence-corrected chi connectivity index (χ4v) is 3.00. The number of hydrogen-bond acceptors (Lipinski definition) is 3. The van der Waals surface area contributed by atoms with Crippen LogP contribution in [0.5, 0.6) is 5.75 Å². The maximum Gasteiger partial charge on any atom is 0.119 e. The molecule has 1 aromatic carbocycles. The molecule has 1 unspecified atom stereocenters. The summed E-state index contributed by atoms with van der Waals surface area (Å²) in [5.74, 6) is 0.968. The van der Waals surface area contributed by atoms with Crippen molar-refractivity contribution >= 4 is 0 Å². The van der Waals surface area contributed by atoms with Crippen molar-refractivity contribution in [3.05, 3.63) is 29.8 Å². The number of benzene rings is 1. The Morgan fingerprint density at radius 3 is 2.62 bits per heavy atom. The van der Waals surface area contributed by atoms with Crippen LogP contribution in [0.25, 0.3) is 0 Å². The predicted octanol–water partition coefficient (Wildman–Crippen LogP) is 3.44. The zero-order valence-electron chi connectivity index (χ0n) is 13.8. The van der Waals surface area contributed by atoms with Crippen LogP contribution >= 0.6 is 0 Å². The van der Waals surface area contributed by atoms with Gasteiger partial charge in [-0.05, 0) is 63.9 Å². The van der Waals surface area contributed by atoms with E-state index in [-0.39, 0.29) is 6.10 Å². The molecule has 1 aliphatic heterocycles. The minimum absolute atomic E-state index is 0.237. The van der Waals surface area contributed by atoms with Gasteiger partial charge in [0.05, 0.1) is 6.10 Å². The Morgan fingerprint density at radius 2 is 2.05 bits per heavy atom. The molecule has 0 aromatic heterocycles. The van der Waals surface area contributed by atoms with E-state index in [1.807, 2.05) is 0 Å². The molecule has 1 saturated heterocycles. The summed E-state index contributed by atoms with van der Waals surface area (Å²) in [7, 11) is 0. The van der Waals surface area contributed by atoms with Crippen LogP contribution in [0, 0.1) is 0 Å². The lowest BCUT2D eigenvalue weighted by Gasteiger charge is -2.34. The van der Waals surface area contributed by atoms with Gasteiger partial charge in [0.25, 0.3) is 0 Å². The molecule has 1 atom stereocenters.